The number of hydrogen-bond acceptors (Lipinski definition) is 3. The maximum Gasteiger partial charge on any atom is 0.0693 e. The van der Waals surface area contributed by atoms with Gasteiger partial charge in [0.25, 0.3) is 0 Å². The van der Waals surface area contributed by atoms with Gasteiger partial charge in [0.05, 0.1) is 12.3 Å². The smallest absolute Gasteiger partial charge is 0.0693 e. The summed E-state index contributed by atoms with van der Waals surface area (Å²) in [5.74, 6) is 0. The third-order valence-corrected chi connectivity index (χ3v) is 3.56. The molecule has 2 unspecified atom stereocenters. The van der Waals surface area contributed by atoms with Crippen LogP contribution in [0.1, 0.15) is 44.6 Å². The van der Waals surface area contributed by atoms with Crippen LogP contribution < -0.4 is 5.32 Å². The van der Waals surface area contributed by atoms with Crippen LogP contribution in [-0.2, 0) is 13.1 Å². The van der Waals surface area contributed by atoms with Gasteiger partial charge in [-0.05, 0) is 19.8 Å². The Kier molecular flexibility index (Phi) is 4.57. The molecule has 1 aromatic heterocycles. The van der Waals surface area contributed by atoms with Gasteiger partial charge in [0, 0.05) is 30.9 Å². The Morgan fingerprint density at radius 3 is 3.00 bits per heavy atom. The van der Waals surface area contributed by atoms with Crippen LogP contribution in [-0.4, -0.2) is 27.0 Å². The number of aryl methyl sites for hydroxylation is 1. The summed E-state index contributed by atoms with van der Waals surface area (Å²) in [6.45, 7) is 3.80. The summed E-state index contributed by atoms with van der Waals surface area (Å²) < 4.78 is 1.93. The van der Waals surface area contributed by atoms with Crippen molar-refractivity contribution in [2.45, 2.75) is 64.3 Å². The molecule has 2 rings (SSSR count). The molecule has 96 valence electrons. The standard InChI is InChI=1S/C13H23N3O/c1-2-16-10-11(9-15-16)8-14-12-6-4-3-5-7-13(12)17/h9-10,12-14,17H,2-8H2,1H3. The fourth-order valence-electron chi connectivity index (χ4n) is 2.45. The molecule has 1 aliphatic carbocycles. The summed E-state index contributed by atoms with van der Waals surface area (Å²) in [5, 5.41) is 17.7. The van der Waals surface area contributed by atoms with Crippen LogP contribution in [0.25, 0.3) is 0 Å². The van der Waals surface area contributed by atoms with E-state index in [0.29, 0.717) is 0 Å². The second kappa shape index (κ2) is 6.17. The van der Waals surface area contributed by atoms with Gasteiger partial charge in [-0.15, -0.1) is 0 Å². The molecule has 2 N–H and O–H groups in total. The van der Waals surface area contributed by atoms with Crippen molar-refractivity contribution in [3.8, 4) is 0 Å². The minimum atomic E-state index is -0.182. The van der Waals surface area contributed by atoms with E-state index in [2.05, 4.69) is 23.5 Å². The molecule has 17 heavy (non-hydrogen) atoms. The Balaban J connectivity index is 1.83. The van der Waals surface area contributed by atoms with Crippen molar-refractivity contribution >= 4 is 0 Å². The second-order valence-electron chi connectivity index (χ2n) is 4.90. The fourth-order valence-corrected chi connectivity index (χ4v) is 2.45. The van der Waals surface area contributed by atoms with E-state index in [1.54, 1.807) is 0 Å². The molecule has 0 saturated heterocycles. The fraction of sp³-hybridized carbons (Fsp3) is 0.769. The van der Waals surface area contributed by atoms with Crippen molar-refractivity contribution in [1.82, 2.24) is 15.1 Å². The number of rotatable bonds is 4. The molecule has 0 bridgehead atoms. The largest absolute Gasteiger partial charge is 0.392 e. The quantitative estimate of drug-likeness (QED) is 0.783. The molecule has 1 saturated carbocycles. The third-order valence-electron chi connectivity index (χ3n) is 3.56. The summed E-state index contributed by atoms with van der Waals surface area (Å²) in [5.41, 5.74) is 1.20. The SMILES string of the molecule is CCn1cc(CNC2CCCCCC2O)cn1. The van der Waals surface area contributed by atoms with Gasteiger partial charge in [-0.1, -0.05) is 19.3 Å². The zero-order valence-electron chi connectivity index (χ0n) is 10.6. The molecule has 0 aromatic carbocycles. The Labute approximate surface area is 103 Å². The number of hydrogen-bond donors (Lipinski definition) is 2. The lowest BCUT2D eigenvalue weighted by molar-refractivity contribution is 0.119. The number of nitrogens with one attached hydrogen (secondary N) is 1. The topological polar surface area (TPSA) is 50.1 Å². The van der Waals surface area contributed by atoms with Crippen molar-refractivity contribution in [2.24, 2.45) is 0 Å². The van der Waals surface area contributed by atoms with E-state index in [9.17, 15) is 5.11 Å². The van der Waals surface area contributed by atoms with E-state index in [-0.39, 0.29) is 12.1 Å². The number of nitrogens with zero attached hydrogens (tertiary/aromatic N) is 2. The highest BCUT2D eigenvalue weighted by molar-refractivity contribution is 5.03. The molecule has 0 aliphatic heterocycles. The lowest BCUT2D eigenvalue weighted by Gasteiger charge is -2.21. The van der Waals surface area contributed by atoms with Crippen molar-refractivity contribution < 1.29 is 5.11 Å². The zero-order valence-corrected chi connectivity index (χ0v) is 10.6. The summed E-state index contributed by atoms with van der Waals surface area (Å²) in [7, 11) is 0. The molecule has 0 spiro atoms. The van der Waals surface area contributed by atoms with E-state index < -0.39 is 0 Å². The first-order valence-electron chi connectivity index (χ1n) is 6.72. The average molecular weight is 237 g/mol. The summed E-state index contributed by atoms with van der Waals surface area (Å²) >= 11 is 0. The van der Waals surface area contributed by atoms with Crippen molar-refractivity contribution in [3.05, 3.63) is 18.0 Å². The number of aromatic nitrogens is 2. The van der Waals surface area contributed by atoms with E-state index in [1.165, 1.54) is 18.4 Å². The van der Waals surface area contributed by atoms with E-state index >= 15 is 0 Å². The molecule has 0 radical (unpaired) electrons. The van der Waals surface area contributed by atoms with Gasteiger partial charge in [0.2, 0.25) is 0 Å². The predicted molar refractivity (Wildman–Crippen MR) is 67.6 cm³/mol. The van der Waals surface area contributed by atoms with Crippen LogP contribution >= 0.6 is 0 Å². The molecule has 1 fully saturated rings. The van der Waals surface area contributed by atoms with Crippen LogP contribution in [0, 0.1) is 0 Å². The Morgan fingerprint density at radius 2 is 2.24 bits per heavy atom. The monoisotopic (exact) mass is 237 g/mol. The lowest BCUT2D eigenvalue weighted by Crippen LogP contribution is -2.38. The molecular weight excluding hydrogens is 214 g/mol. The molecular formula is C13H23N3O. The van der Waals surface area contributed by atoms with E-state index in [1.807, 2.05) is 10.9 Å². The van der Waals surface area contributed by atoms with Gasteiger partial charge in [0.15, 0.2) is 0 Å². The maximum absolute atomic E-state index is 10.00. The Morgan fingerprint density at radius 1 is 1.41 bits per heavy atom. The first kappa shape index (κ1) is 12.6. The lowest BCUT2D eigenvalue weighted by atomic mass is 10.1. The molecule has 4 heteroatoms. The second-order valence-corrected chi connectivity index (χ2v) is 4.90. The van der Waals surface area contributed by atoms with E-state index in [0.717, 1.165) is 32.4 Å². The normalized spacial score (nSPS) is 25.8. The van der Waals surface area contributed by atoms with Gasteiger partial charge in [-0.2, -0.15) is 5.10 Å². The molecule has 1 aliphatic rings. The number of aliphatic hydroxyl groups excluding tert-OH is 1. The first-order chi connectivity index (χ1) is 8.29. The zero-order chi connectivity index (χ0) is 12.1. The summed E-state index contributed by atoms with van der Waals surface area (Å²) in [6, 6.07) is 0.252. The highest BCUT2D eigenvalue weighted by Crippen LogP contribution is 2.18. The van der Waals surface area contributed by atoms with Gasteiger partial charge in [-0.25, -0.2) is 0 Å². The van der Waals surface area contributed by atoms with Crippen molar-refractivity contribution in [1.29, 1.82) is 0 Å². The van der Waals surface area contributed by atoms with Crippen LogP contribution in [0.5, 0.6) is 0 Å². The minimum Gasteiger partial charge on any atom is -0.392 e. The average Bonchev–Trinajstić information content (AvgIpc) is 2.70. The summed E-state index contributed by atoms with van der Waals surface area (Å²) in [4.78, 5) is 0. The van der Waals surface area contributed by atoms with Gasteiger partial charge < -0.3 is 10.4 Å². The highest BCUT2D eigenvalue weighted by atomic mass is 16.3. The molecule has 4 nitrogen and oxygen atoms in total. The summed E-state index contributed by atoms with van der Waals surface area (Å²) in [6.07, 6.45) is 9.45. The molecule has 1 aromatic rings. The van der Waals surface area contributed by atoms with Crippen LogP contribution in [0.3, 0.4) is 0 Å². The Bertz CT molecular complexity index is 337. The third kappa shape index (κ3) is 3.54. The van der Waals surface area contributed by atoms with Crippen molar-refractivity contribution in [2.75, 3.05) is 0 Å². The maximum atomic E-state index is 10.00. The molecule has 2 atom stereocenters. The molecule has 0 amide bonds. The van der Waals surface area contributed by atoms with Gasteiger partial charge in [0.1, 0.15) is 0 Å². The first-order valence-corrected chi connectivity index (χ1v) is 6.72. The predicted octanol–water partition coefficient (Wildman–Crippen LogP) is 1.69. The highest BCUT2D eigenvalue weighted by Gasteiger charge is 2.20. The number of aliphatic hydroxyl groups is 1. The molecule has 1 heterocycles. The van der Waals surface area contributed by atoms with Crippen LogP contribution in [0.15, 0.2) is 12.4 Å². The van der Waals surface area contributed by atoms with Crippen molar-refractivity contribution in [3.63, 3.8) is 0 Å². The van der Waals surface area contributed by atoms with Crippen LogP contribution in [0.2, 0.25) is 0 Å². The van der Waals surface area contributed by atoms with Gasteiger partial charge >= 0.3 is 0 Å². The van der Waals surface area contributed by atoms with Gasteiger partial charge in [-0.3, -0.25) is 4.68 Å². The Hall–Kier alpha value is -0.870. The van der Waals surface area contributed by atoms with Crippen LogP contribution in [0.4, 0.5) is 0 Å². The van der Waals surface area contributed by atoms with E-state index in [4.69, 9.17) is 0 Å². The minimum absolute atomic E-state index is 0.182.